The summed E-state index contributed by atoms with van der Waals surface area (Å²) < 4.78 is 7.47. The standard InChI is InChI=1S/C16H18ClN5O2/c17-11-5-3-4-10-12(7-9-24-14(10)11)18-16(23)20-15-19-13-6-1-2-8-22(13)21-15/h3-5,12H,1-2,6-9H2,(H2,18,20,21,23). The molecule has 3 heterocycles. The van der Waals surface area contributed by atoms with E-state index in [9.17, 15) is 4.79 Å². The van der Waals surface area contributed by atoms with E-state index in [-0.39, 0.29) is 12.1 Å². The third kappa shape index (κ3) is 2.91. The Hall–Kier alpha value is -2.28. The van der Waals surface area contributed by atoms with Crippen LogP contribution in [-0.2, 0) is 13.0 Å². The SMILES string of the molecule is O=C(Nc1nc2n(n1)CCCC2)NC1CCOc2c(Cl)cccc21. The average Bonchev–Trinajstić information content (AvgIpc) is 2.98. The van der Waals surface area contributed by atoms with E-state index in [2.05, 4.69) is 20.7 Å². The van der Waals surface area contributed by atoms with Crippen LogP contribution in [0.2, 0.25) is 5.02 Å². The molecule has 7 nitrogen and oxygen atoms in total. The zero-order chi connectivity index (χ0) is 16.5. The third-order valence-corrected chi connectivity index (χ3v) is 4.62. The fraction of sp³-hybridized carbons (Fsp3) is 0.438. The third-order valence-electron chi connectivity index (χ3n) is 4.33. The molecule has 0 fully saturated rings. The van der Waals surface area contributed by atoms with Crippen LogP contribution in [0.4, 0.5) is 10.7 Å². The summed E-state index contributed by atoms with van der Waals surface area (Å²) in [5.74, 6) is 1.92. The Morgan fingerprint density at radius 2 is 2.29 bits per heavy atom. The first-order valence-corrected chi connectivity index (χ1v) is 8.51. The second-order valence-corrected chi connectivity index (χ2v) is 6.39. The maximum absolute atomic E-state index is 12.3. The zero-order valence-electron chi connectivity index (χ0n) is 13.1. The maximum Gasteiger partial charge on any atom is 0.322 e. The number of nitrogens with one attached hydrogen (secondary N) is 2. The van der Waals surface area contributed by atoms with Gasteiger partial charge in [0.1, 0.15) is 11.6 Å². The van der Waals surface area contributed by atoms with Gasteiger partial charge in [0.15, 0.2) is 0 Å². The lowest BCUT2D eigenvalue weighted by molar-refractivity contribution is 0.232. The lowest BCUT2D eigenvalue weighted by Crippen LogP contribution is -2.35. The van der Waals surface area contributed by atoms with Gasteiger partial charge < -0.3 is 10.1 Å². The summed E-state index contributed by atoms with van der Waals surface area (Å²) in [6, 6.07) is 5.08. The fourth-order valence-electron chi connectivity index (χ4n) is 3.17. The second kappa shape index (κ2) is 6.32. The van der Waals surface area contributed by atoms with Crippen molar-refractivity contribution in [2.75, 3.05) is 11.9 Å². The van der Waals surface area contributed by atoms with Gasteiger partial charge in [0, 0.05) is 24.9 Å². The molecule has 2 N–H and O–H groups in total. The molecular formula is C16H18ClN5O2. The number of hydrogen-bond donors (Lipinski definition) is 2. The lowest BCUT2D eigenvalue weighted by Gasteiger charge is -2.27. The summed E-state index contributed by atoms with van der Waals surface area (Å²) >= 11 is 6.16. The molecule has 0 bridgehead atoms. The van der Waals surface area contributed by atoms with Gasteiger partial charge in [-0.1, -0.05) is 23.7 Å². The number of halogens is 1. The lowest BCUT2D eigenvalue weighted by atomic mass is 10.0. The van der Waals surface area contributed by atoms with Crippen molar-refractivity contribution in [3.05, 3.63) is 34.6 Å². The predicted molar refractivity (Wildman–Crippen MR) is 89.4 cm³/mol. The van der Waals surface area contributed by atoms with Gasteiger partial charge >= 0.3 is 6.03 Å². The van der Waals surface area contributed by atoms with Gasteiger partial charge in [-0.15, -0.1) is 5.10 Å². The number of rotatable bonds is 2. The zero-order valence-corrected chi connectivity index (χ0v) is 13.8. The van der Waals surface area contributed by atoms with Crippen molar-refractivity contribution in [3.63, 3.8) is 0 Å². The molecule has 8 heteroatoms. The van der Waals surface area contributed by atoms with E-state index in [0.29, 0.717) is 29.7 Å². The number of fused-ring (bicyclic) bond motifs is 2. The number of ether oxygens (including phenoxy) is 1. The monoisotopic (exact) mass is 347 g/mol. The molecule has 0 radical (unpaired) electrons. The summed E-state index contributed by atoms with van der Waals surface area (Å²) in [5, 5.41) is 10.6. The highest BCUT2D eigenvalue weighted by molar-refractivity contribution is 6.32. The molecule has 0 saturated heterocycles. The van der Waals surface area contributed by atoms with Crippen LogP contribution in [0, 0.1) is 0 Å². The number of hydrogen-bond acceptors (Lipinski definition) is 4. The Kier molecular flexibility index (Phi) is 4.02. The smallest absolute Gasteiger partial charge is 0.322 e. The minimum atomic E-state index is -0.323. The largest absolute Gasteiger partial charge is 0.492 e. The van der Waals surface area contributed by atoms with Crippen LogP contribution in [0.25, 0.3) is 0 Å². The minimum Gasteiger partial charge on any atom is -0.492 e. The Bertz CT molecular complexity index is 752. The molecule has 126 valence electrons. The normalized spacial score (nSPS) is 19.0. The van der Waals surface area contributed by atoms with Crippen LogP contribution in [0.5, 0.6) is 5.75 Å². The van der Waals surface area contributed by atoms with Gasteiger partial charge in [-0.25, -0.2) is 9.48 Å². The number of benzene rings is 1. The molecule has 0 aliphatic carbocycles. The van der Waals surface area contributed by atoms with Crippen molar-refractivity contribution in [1.82, 2.24) is 20.1 Å². The van der Waals surface area contributed by atoms with E-state index in [1.54, 1.807) is 6.07 Å². The highest BCUT2D eigenvalue weighted by atomic mass is 35.5. The molecule has 1 atom stereocenters. The highest BCUT2D eigenvalue weighted by Gasteiger charge is 2.25. The average molecular weight is 348 g/mol. The van der Waals surface area contributed by atoms with E-state index in [0.717, 1.165) is 37.2 Å². The first-order chi connectivity index (χ1) is 11.7. The maximum atomic E-state index is 12.3. The molecule has 1 aromatic carbocycles. The van der Waals surface area contributed by atoms with Crippen LogP contribution in [0.15, 0.2) is 18.2 Å². The summed E-state index contributed by atoms with van der Waals surface area (Å²) in [6.45, 7) is 1.37. The minimum absolute atomic E-state index is 0.148. The summed E-state index contributed by atoms with van der Waals surface area (Å²) in [6.07, 6.45) is 3.81. The Morgan fingerprint density at radius 3 is 3.17 bits per heavy atom. The number of anilines is 1. The molecular weight excluding hydrogens is 330 g/mol. The summed E-state index contributed by atoms with van der Waals surface area (Å²) in [4.78, 5) is 16.7. The summed E-state index contributed by atoms with van der Waals surface area (Å²) in [7, 11) is 0. The highest BCUT2D eigenvalue weighted by Crippen LogP contribution is 2.37. The topological polar surface area (TPSA) is 81.1 Å². The number of carbonyl (C=O) groups excluding carboxylic acids is 1. The van der Waals surface area contributed by atoms with Crippen molar-refractivity contribution in [2.45, 2.75) is 38.3 Å². The van der Waals surface area contributed by atoms with E-state index < -0.39 is 0 Å². The number of aromatic nitrogens is 3. The molecule has 0 saturated carbocycles. The first-order valence-electron chi connectivity index (χ1n) is 8.13. The van der Waals surface area contributed by atoms with Gasteiger partial charge in [0.25, 0.3) is 0 Å². The number of carbonyl (C=O) groups is 1. The van der Waals surface area contributed by atoms with Crippen LogP contribution >= 0.6 is 11.6 Å². The van der Waals surface area contributed by atoms with Crippen molar-refractivity contribution in [1.29, 1.82) is 0 Å². The Labute approximate surface area is 144 Å². The molecule has 1 unspecified atom stereocenters. The first kappa shape index (κ1) is 15.3. The van der Waals surface area contributed by atoms with Gasteiger partial charge in [-0.05, 0) is 18.9 Å². The van der Waals surface area contributed by atoms with Crippen LogP contribution in [0.3, 0.4) is 0 Å². The van der Waals surface area contributed by atoms with E-state index in [1.807, 2.05) is 16.8 Å². The number of aryl methyl sites for hydroxylation is 2. The Balaban J connectivity index is 1.45. The molecule has 1 aromatic heterocycles. The van der Waals surface area contributed by atoms with E-state index in [4.69, 9.17) is 16.3 Å². The fourth-order valence-corrected chi connectivity index (χ4v) is 3.40. The predicted octanol–water partition coefficient (Wildman–Crippen LogP) is 2.91. The van der Waals surface area contributed by atoms with Crippen molar-refractivity contribution >= 4 is 23.6 Å². The summed E-state index contributed by atoms with van der Waals surface area (Å²) in [5.41, 5.74) is 0.890. The molecule has 2 aromatic rings. The van der Waals surface area contributed by atoms with Crippen molar-refractivity contribution < 1.29 is 9.53 Å². The number of urea groups is 1. The molecule has 4 rings (SSSR count). The molecule has 2 aliphatic rings. The van der Waals surface area contributed by atoms with Gasteiger partial charge in [0.05, 0.1) is 17.7 Å². The van der Waals surface area contributed by atoms with Crippen LogP contribution < -0.4 is 15.4 Å². The quantitative estimate of drug-likeness (QED) is 0.875. The van der Waals surface area contributed by atoms with Gasteiger partial charge in [-0.3, -0.25) is 5.32 Å². The van der Waals surface area contributed by atoms with Gasteiger partial charge in [-0.2, -0.15) is 4.98 Å². The number of para-hydroxylation sites is 1. The van der Waals surface area contributed by atoms with Crippen molar-refractivity contribution in [3.8, 4) is 5.75 Å². The van der Waals surface area contributed by atoms with Crippen LogP contribution in [0.1, 0.15) is 36.7 Å². The second-order valence-electron chi connectivity index (χ2n) is 5.98. The van der Waals surface area contributed by atoms with Gasteiger partial charge in [0.2, 0.25) is 5.95 Å². The van der Waals surface area contributed by atoms with E-state index in [1.165, 1.54) is 0 Å². The molecule has 0 spiro atoms. The Morgan fingerprint density at radius 1 is 1.38 bits per heavy atom. The number of amides is 2. The molecule has 2 amide bonds. The van der Waals surface area contributed by atoms with E-state index >= 15 is 0 Å². The van der Waals surface area contributed by atoms with Crippen LogP contribution in [-0.4, -0.2) is 27.4 Å². The molecule has 24 heavy (non-hydrogen) atoms. The number of nitrogens with zero attached hydrogens (tertiary/aromatic N) is 3. The van der Waals surface area contributed by atoms with Crippen molar-refractivity contribution in [2.24, 2.45) is 0 Å². The molecule has 2 aliphatic heterocycles.